The summed E-state index contributed by atoms with van der Waals surface area (Å²) in [6.07, 6.45) is 1.72. The lowest BCUT2D eigenvalue weighted by Crippen LogP contribution is -2.41. The van der Waals surface area contributed by atoms with Gasteiger partial charge in [-0.15, -0.1) is 0 Å². The van der Waals surface area contributed by atoms with Crippen molar-refractivity contribution in [2.75, 3.05) is 26.7 Å². The molecule has 0 aliphatic carbocycles. The number of hydrogen-bond donors (Lipinski definition) is 2. The average Bonchev–Trinajstić information content (AvgIpc) is 2.54. The van der Waals surface area contributed by atoms with Gasteiger partial charge in [-0.1, -0.05) is 12.1 Å². The third-order valence-electron chi connectivity index (χ3n) is 3.67. The molecule has 0 radical (unpaired) electrons. The highest BCUT2D eigenvalue weighted by Crippen LogP contribution is 2.26. The second kappa shape index (κ2) is 7.88. The van der Waals surface area contributed by atoms with Crippen LogP contribution in [0.2, 0.25) is 0 Å². The van der Waals surface area contributed by atoms with Crippen molar-refractivity contribution >= 4 is 5.91 Å². The first kappa shape index (κ1) is 15.6. The summed E-state index contributed by atoms with van der Waals surface area (Å²) in [5, 5.41) is 6.24. The van der Waals surface area contributed by atoms with Crippen LogP contribution in [-0.2, 0) is 4.79 Å². The Hall–Kier alpha value is -1.75. The Morgan fingerprint density at radius 3 is 2.67 bits per heavy atom. The van der Waals surface area contributed by atoms with E-state index in [-0.39, 0.29) is 17.9 Å². The minimum atomic E-state index is -0.105. The van der Waals surface area contributed by atoms with E-state index in [0.717, 1.165) is 25.9 Å². The van der Waals surface area contributed by atoms with E-state index in [2.05, 4.69) is 10.6 Å². The summed E-state index contributed by atoms with van der Waals surface area (Å²) in [6, 6.07) is 7.52. The lowest BCUT2D eigenvalue weighted by atomic mass is 9.97. The first-order valence-corrected chi connectivity index (χ1v) is 7.49. The average molecular weight is 292 g/mol. The van der Waals surface area contributed by atoms with Gasteiger partial charge in [0.15, 0.2) is 11.5 Å². The molecule has 5 heteroatoms. The largest absolute Gasteiger partial charge is 0.493 e. The van der Waals surface area contributed by atoms with E-state index in [1.165, 1.54) is 0 Å². The van der Waals surface area contributed by atoms with Crippen molar-refractivity contribution in [1.29, 1.82) is 0 Å². The van der Waals surface area contributed by atoms with Gasteiger partial charge < -0.3 is 20.1 Å². The SMILES string of the molecule is COc1ccccc1OC(C)CNC(=O)C1CCNCC1. The van der Waals surface area contributed by atoms with E-state index >= 15 is 0 Å². The Kier molecular flexibility index (Phi) is 5.87. The Bertz CT molecular complexity index is 459. The number of para-hydroxylation sites is 2. The number of methoxy groups -OCH3 is 1. The zero-order valence-electron chi connectivity index (χ0n) is 12.7. The van der Waals surface area contributed by atoms with Crippen molar-refractivity contribution in [2.24, 2.45) is 5.92 Å². The van der Waals surface area contributed by atoms with E-state index in [1.54, 1.807) is 7.11 Å². The van der Waals surface area contributed by atoms with Crippen LogP contribution in [0.4, 0.5) is 0 Å². The number of hydrogen-bond acceptors (Lipinski definition) is 4. The van der Waals surface area contributed by atoms with Crippen molar-refractivity contribution in [3.8, 4) is 11.5 Å². The molecule has 21 heavy (non-hydrogen) atoms. The third kappa shape index (κ3) is 4.63. The van der Waals surface area contributed by atoms with Gasteiger partial charge in [0.05, 0.1) is 13.7 Å². The molecule has 1 fully saturated rings. The molecular formula is C16H24N2O3. The van der Waals surface area contributed by atoms with Gasteiger partial charge in [0.25, 0.3) is 0 Å². The molecule has 1 saturated heterocycles. The van der Waals surface area contributed by atoms with Crippen molar-refractivity contribution in [3.63, 3.8) is 0 Å². The van der Waals surface area contributed by atoms with Crippen LogP contribution in [-0.4, -0.2) is 38.8 Å². The molecule has 2 N–H and O–H groups in total. The van der Waals surface area contributed by atoms with Crippen molar-refractivity contribution in [1.82, 2.24) is 10.6 Å². The van der Waals surface area contributed by atoms with Gasteiger partial charge in [-0.25, -0.2) is 0 Å². The minimum Gasteiger partial charge on any atom is -0.493 e. The predicted molar refractivity (Wildman–Crippen MR) is 81.7 cm³/mol. The molecule has 0 spiro atoms. The van der Waals surface area contributed by atoms with Gasteiger partial charge in [0, 0.05) is 5.92 Å². The van der Waals surface area contributed by atoms with Crippen LogP contribution in [0.1, 0.15) is 19.8 Å². The molecule has 5 nitrogen and oxygen atoms in total. The van der Waals surface area contributed by atoms with Crippen LogP contribution in [0, 0.1) is 5.92 Å². The molecule has 1 aliphatic rings. The summed E-state index contributed by atoms with van der Waals surface area (Å²) in [7, 11) is 1.62. The molecule has 0 bridgehead atoms. The zero-order chi connectivity index (χ0) is 15.1. The fourth-order valence-corrected chi connectivity index (χ4v) is 2.45. The number of amides is 1. The number of carbonyl (C=O) groups is 1. The highest BCUT2D eigenvalue weighted by Gasteiger charge is 2.21. The molecule has 1 heterocycles. The Balaban J connectivity index is 1.78. The standard InChI is InChI=1S/C16H24N2O3/c1-12(21-15-6-4-3-5-14(15)20-2)11-18-16(19)13-7-9-17-10-8-13/h3-6,12-13,17H,7-11H2,1-2H3,(H,18,19). The quantitative estimate of drug-likeness (QED) is 0.836. The maximum absolute atomic E-state index is 12.1. The molecule has 1 atom stereocenters. The number of ether oxygens (including phenoxy) is 2. The molecular weight excluding hydrogens is 268 g/mol. The fraction of sp³-hybridized carbons (Fsp3) is 0.562. The van der Waals surface area contributed by atoms with Crippen LogP contribution in [0.25, 0.3) is 0 Å². The molecule has 0 saturated carbocycles. The maximum atomic E-state index is 12.1. The van der Waals surface area contributed by atoms with Gasteiger partial charge in [-0.05, 0) is 45.0 Å². The molecule has 2 rings (SSSR count). The highest BCUT2D eigenvalue weighted by molar-refractivity contribution is 5.78. The molecule has 0 aromatic heterocycles. The normalized spacial score (nSPS) is 17.0. The number of nitrogens with one attached hydrogen (secondary N) is 2. The number of carbonyl (C=O) groups excluding carboxylic acids is 1. The summed E-state index contributed by atoms with van der Waals surface area (Å²) in [5.41, 5.74) is 0. The summed E-state index contributed by atoms with van der Waals surface area (Å²) >= 11 is 0. The summed E-state index contributed by atoms with van der Waals surface area (Å²) in [4.78, 5) is 12.1. The van der Waals surface area contributed by atoms with Crippen LogP contribution in [0.3, 0.4) is 0 Å². The number of rotatable bonds is 6. The van der Waals surface area contributed by atoms with Gasteiger partial charge in [0.1, 0.15) is 6.10 Å². The molecule has 1 unspecified atom stereocenters. The third-order valence-corrected chi connectivity index (χ3v) is 3.67. The van der Waals surface area contributed by atoms with Crippen LogP contribution in [0.15, 0.2) is 24.3 Å². The topological polar surface area (TPSA) is 59.6 Å². The first-order valence-electron chi connectivity index (χ1n) is 7.49. The molecule has 116 valence electrons. The smallest absolute Gasteiger partial charge is 0.223 e. The van der Waals surface area contributed by atoms with Crippen LogP contribution >= 0.6 is 0 Å². The second-order valence-electron chi connectivity index (χ2n) is 5.35. The van der Waals surface area contributed by atoms with Gasteiger partial charge in [0.2, 0.25) is 5.91 Å². The van der Waals surface area contributed by atoms with Crippen molar-refractivity contribution in [3.05, 3.63) is 24.3 Å². The Labute approximate surface area is 126 Å². The van der Waals surface area contributed by atoms with Crippen molar-refractivity contribution < 1.29 is 14.3 Å². The van der Waals surface area contributed by atoms with Gasteiger partial charge in [-0.3, -0.25) is 4.79 Å². The number of piperidine rings is 1. The minimum absolute atomic E-state index is 0.105. The first-order chi connectivity index (χ1) is 10.2. The highest BCUT2D eigenvalue weighted by atomic mass is 16.5. The van der Waals surface area contributed by atoms with Crippen LogP contribution in [0.5, 0.6) is 11.5 Å². The predicted octanol–water partition coefficient (Wildman–Crippen LogP) is 1.58. The summed E-state index contributed by atoms with van der Waals surface area (Å²) < 4.78 is 11.1. The van der Waals surface area contributed by atoms with E-state index in [0.29, 0.717) is 18.0 Å². The van der Waals surface area contributed by atoms with Gasteiger partial charge in [-0.2, -0.15) is 0 Å². The van der Waals surface area contributed by atoms with Crippen molar-refractivity contribution in [2.45, 2.75) is 25.9 Å². The van der Waals surface area contributed by atoms with E-state index in [9.17, 15) is 4.79 Å². The van der Waals surface area contributed by atoms with E-state index < -0.39 is 0 Å². The Morgan fingerprint density at radius 1 is 1.33 bits per heavy atom. The summed E-state index contributed by atoms with van der Waals surface area (Å²) in [5.74, 6) is 1.66. The lowest BCUT2D eigenvalue weighted by Gasteiger charge is -2.23. The van der Waals surface area contributed by atoms with Crippen LogP contribution < -0.4 is 20.1 Å². The maximum Gasteiger partial charge on any atom is 0.223 e. The monoisotopic (exact) mass is 292 g/mol. The lowest BCUT2D eigenvalue weighted by molar-refractivity contribution is -0.126. The molecule has 1 aromatic rings. The summed E-state index contributed by atoms with van der Waals surface area (Å²) in [6.45, 7) is 4.28. The van der Waals surface area contributed by atoms with Gasteiger partial charge >= 0.3 is 0 Å². The zero-order valence-corrected chi connectivity index (χ0v) is 12.7. The fourth-order valence-electron chi connectivity index (χ4n) is 2.45. The number of benzene rings is 1. The second-order valence-corrected chi connectivity index (χ2v) is 5.35. The van der Waals surface area contributed by atoms with E-state index in [1.807, 2.05) is 31.2 Å². The van der Waals surface area contributed by atoms with E-state index in [4.69, 9.17) is 9.47 Å². The molecule has 1 amide bonds. The molecule has 1 aromatic carbocycles. The molecule has 1 aliphatic heterocycles. The Morgan fingerprint density at radius 2 is 2.00 bits per heavy atom.